The molecule has 1 saturated carbocycles. The summed E-state index contributed by atoms with van der Waals surface area (Å²) in [5.74, 6) is -2.41. The maximum Gasteiger partial charge on any atom is 0.335 e. The first-order chi connectivity index (χ1) is 20.0. The van der Waals surface area contributed by atoms with E-state index in [1.54, 1.807) is 11.9 Å². The summed E-state index contributed by atoms with van der Waals surface area (Å²) < 4.78 is 29.0. The fourth-order valence-corrected chi connectivity index (χ4v) is 6.70. The van der Waals surface area contributed by atoms with E-state index in [9.17, 15) is 23.5 Å². The third-order valence-corrected chi connectivity index (χ3v) is 9.13. The number of fused-ring (bicyclic) bond motifs is 1. The van der Waals surface area contributed by atoms with E-state index in [1.165, 1.54) is 16.9 Å². The van der Waals surface area contributed by atoms with Gasteiger partial charge in [0.1, 0.15) is 28.1 Å². The summed E-state index contributed by atoms with van der Waals surface area (Å²) in [5, 5.41) is 37.8. The summed E-state index contributed by atoms with van der Waals surface area (Å²) in [6.45, 7) is 3.99. The minimum absolute atomic E-state index is 0.0340. The molecule has 1 aromatic carbocycles. The fraction of sp³-hybridized carbons (Fsp3) is 0.429. The molecule has 4 N–H and O–H groups in total. The van der Waals surface area contributed by atoms with Crippen LogP contribution < -0.4 is 10.4 Å². The largest absolute Gasteiger partial charge is 0.582 e. The van der Waals surface area contributed by atoms with Crippen molar-refractivity contribution < 1.29 is 23.8 Å². The van der Waals surface area contributed by atoms with Crippen LogP contribution in [0.2, 0.25) is 0 Å². The number of aromatic nitrogens is 3. The summed E-state index contributed by atoms with van der Waals surface area (Å²) in [6.07, 6.45) is 4.12. The van der Waals surface area contributed by atoms with Crippen molar-refractivity contribution >= 4 is 29.0 Å². The fourth-order valence-electron chi connectivity index (χ4n) is 5.83. The van der Waals surface area contributed by atoms with Crippen LogP contribution in [0.1, 0.15) is 67.0 Å². The van der Waals surface area contributed by atoms with Crippen LogP contribution in [0.4, 0.5) is 8.78 Å². The Balaban J connectivity index is 1.49. The zero-order chi connectivity index (χ0) is 30.3. The number of carbonyl (C=O) groups excluding carboxylic acids is 1. The number of pyridine rings is 1. The minimum Gasteiger partial charge on any atom is -0.582 e. The Morgan fingerprint density at radius 1 is 1.24 bits per heavy atom. The Bertz CT molecular complexity index is 1650. The standard InChI is InChI=1S/C28H31F2N7O4S/c1-4-20(31)32-25(40)15-8-10-28(11-9-15)35(3)37-14-18(23(38)24(39)22(37)27(41)36(28)5-2)26-34-33-21(42-26)12-16-6-7-17(29)13-19(16)30/h6-7,13-15,39H,4-5,8-12H2,1-3H3,(H2,31,32,40)/p+1. The van der Waals surface area contributed by atoms with Crippen molar-refractivity contribution in [1.29, 1.82) is 5.41 Å². The van der Waals surface area contributed by atoms with Gasteiger partial charge in [-0.3, -0.25) is 24.7 Å². The molecule has 3 heterocycles. The zero-order valence-electron chi connectivity index (χ0n) is 23.4. The van der Waals surface area contributed by atoms with E-state index in [0.717, 1.165) is 23.5 Å². The number of hydrogen-bond acceptors (Lipinski definition) is 8. The van der Waals surface area contributed by atoms with E-state index in [-0.39, 0.29) is 45.9 Å². The number of benzene rings is 1. The smallest absolute Gasteiger partial charge is 0.335 e. The lowest BCUT2D eigenvalue weighted by Crippen LogP contribution is -2.70. The summed E-state index contributed by atoms with van der Waals surface area (Å²) in [6, 6.07) is 3.26. The van der Waals surface area contributed by atoms with E-state index < -0.39 is 34.4 Å². The predicted molar refractivity (Wildman–Crippen MR) is 155 cm³/mol. The third kappa shape index (κ3) is 4.93. The molecule has 1 fully saturated rings. The molecular formula is C28H32F2N7O4S+. The molecule has 0 saturated heterocycles. The van der Waals surface area contributed by atoms with Gasteiger partial charge in [0.2, 0.25) is 5.43 Å². The molecular weight excluding hydrogens is 568 g/mol. The first-order valence-electron chi connectivity index (χ1n) is 13.7. The van der Waals surface area contributed by atoms with Gasteiger partial charge in [-0.2, -0.15) is 4.99 Å². The Kier molecular flexibility index (Phi) is 7.84. The van der Waals surface area contributed by atoms with Crippen LogP contribution in [0.15, 0.2) is 34.2 Å². The van der Waals surface area contributed by atoms with Gasteiger partial charge in [0.25, 0.3) is 5.91 Å². The minimum atomic E-state index is -0.779. The average Bonchev–Trinajstić information content (AvgIpc) is 3.43. The van der Waals surface area contributed by atoms with Crippen molar-refractivity contribution in [1.82, 2.24) is 19.8 Å². The molecule has 2 aromatic heterocycles. The van der Waals surface area contributed by atoms with Gasteiger partial charge >= 0.3 is 5.90 Å². The van der Waals surface area contributed by atoms with Crippen LogP contribution in [0.5, 0.6) is 5.75 Å². The van der Waals surface area contributed by atoms with Crippen LogP contribution in [0.25, 0.3) is 10.6 Å². The van der Waals surface area contributed by atoms with Crippen molar-refractivity contribution in [3.8, 4) is 16.3 Å². The normalized spacial score (nSPS) is 20.7. The molecule has 42 heavy (non-hydrogen) atoms. The Labute approximate surface area is 244 Å². The molecule has 1 aliphatic carbocycles. The second-order valence-electron chi connectivity index (χ2n) is 10.5. The Morgan fingerprint density at radius 2 is 1.95 bits per heavy atom. The van der Waals surface area contributed by atoms with Crippen molar-refractivity contribution in [3.63, 3.8) is 0 Å². The van der Waals surface area contributed by atoms with Crippen LogP contribution in [0.3, 0.4) is 0 Å². The number of amidine groups is 1. The molecule has 14 heteroatoms. The number of nitrogens with one attached hydrogen (secondary N) is 1. The first kappa shape index (κ1) is 29.3. The number of aromatic hydroxyl groups is 1. The third-order valence-electron chi connectivity index (χ3n) is 8.17. The predicted octanol–water partition coefficient (Wildman–Crippen LogP) is 3.38. The van der Waals surface area contributed by atoms with Gasteiger partial charge in [-0.05, 0) is 44.2 Å². The van der Waals surface area contributed by atoms with E-state index in [1.807, 2.05) is 18.9 Å². The van der Waals surface area contributed by atoms with Crippen molar-refractivity contribution in [2.75, 3.05) is 18.6 Å². The highest BCUT2D eigenvalue weighted by atomic mass is 32.1. The monoisotopic (exact) mass is 600 g/mol. The second kappa shape index (κ2) is 11.2. The number of amides is 1. The second-order valence-corrected chi connectivity index (χ2v) is 11.5. The highest BCUT2D eigenvalue weighted by molar-refractivity contribution is 7.14. The topological polar surface area (TPSA) is 151 Å². The molecule has 0 radical (unpaired) electrons. The maximum absolute atomic E-state index is 14.2. The molecule has 5 rings (SSSR count). The first-order valence-corrected chi connectivity index (χ1v) is 14.5. The molecule has 3 aromatic rings. The van der Waals surface area contributed by atoms with Crippen molar-refractivity contribution in [2.45, 2.75) is 58.0 Å². The number of hydrogen-bond donors (Lipinski definition) is 2. The van der Waals surface area contributed by atoms with E-state index in [4.69, 9.17) is 10.5 Å². The molecule has 222 valence electrons. The molecule has 1 aliphatic heterocycles. The van der Waals surface area contributed by atoms with Gasteiger partial charge in [-0.1, -0.05) is 24.3 Å². The van der Waals surface area contributed by atoms with Gasteiger partial charge < -0.3 is 15.1 Å². The molecule has 2 aliphatic rings. The van der Waals surface area contributed by atoms with E-state index in [2.05, 4.69) is 15.2 Å². The highest BCUT2D eigenvalue weighted by Gasteiger charge is 2.52. The Morgan fingerprint density at radius 3 is 2.60 bits per heavy atom. The summed E-state index contributed by atoms with van der Waals surface area (Å²) >= 11 is 1.04. The van der Waals surface area contributed by atoms with E-state index >= 15 is 0 Å². The summed E-state index contributed by atoms with van der Waals surface area (Å²) in [5.41, 5.74) is -1.45. The van der Waals surface area contributed by atoms with Crippen molar-refractivity contribution in [2.24, 2.45) is 10.9 Å². The average molecular weight is 601 g/mol. The van der Waals surface area contributed by atoms with Gasteiger partial charge in [-0.15, -0.1) is 10.2 Å². The van der Waals surface area contributed by atoms with Gasteiger partial charge in [0, 0.05) is 38.7 Å². The molecule has 0 unspecified atom stereocenters. The molecule has 0 atom stereocenters. The maximum atomic E-state index is 14.2. The molecule has 1 spiro atoms. The van der Waals surface area contributed by atoms with Crippen molar-refractivity contribution in [3.05, 3.63) is 62.5 Å². The highest BCUT2D eigenvalue weighted by Crippen LogP contribution is 2.42. The number of aliphatic imine (C=N–C) groups is 1. The number of halogens is 2. The van der Waals surface area contributed by atoms with Gasteiger partial charge in [0.05, 0.1) is 11.5 Å². The lowest BCUT2D eigenvalue weighted by Gasteiger charge is -2.56. The summed E-state index contributed by atoms with van der Waals surface area (Å²) in [7, 11) is 1.79. The Hall–Kier alpha value is -4.20. The van der Waals surface area contributed by atoms with E-state index in [0.29, 0.717) is 43.7 Å². The zero-order valence-corrected chi connectivity index (χ0v) is 24.3. The van der Waals surface area contributed by atoms with Crippen LogP contribution in [-0.2, 0) is 6.42 Å². The lowest BCUT2D eigenvalue weighted by atomic mass is 9.79. The van der Waals surface area contributed by atoms with Crippen LogP contribution >= 0.6 is 11.3 Å². The van der Waals surface area contributed by atoms with Crippen LogP contribution in [-0.4, -0.2) is 66.9 Å². The SMILES string of the molecule is CCC(=N)N=C([OH2+])C1CCC2(CC1)N(CC)C(=O)c1c(O)c(=O)c(-c3nnc(Cc4ccc(F)cc4F)s3)cn1N2C. The number of rotatable bonds is 6. The summed E-state index contributed by atoms with van der Waals surface area (Å²) in [4.78, 5) is 32.8. The molecule has 0 bridgehead atoms. The van der Waals surface area contributed by atoms with Gasteiger partial charge in [-0.25, -0.2) is 8.78 Å². The quantitative estimate of drug-likeness (QED) is 0.252. The molecule has 11 nitrogen and oxygen atoms in total. The van der Waals surface area contributed by atoms with Gasteiger partial charge in [0.15, 0.2) is 16.5 Å². The number of carbonyl (C=O) groups is 1. The molecule has 1 amide bonds. The van der Waals surface area contributed by atoms with Crippen LogP contribution in [0, 0.1) is 23.0 Å². The number of nitrogens with zero attached hydrogens (tertiary/aromatic N) is 6. The lowest BCUT2D eigenvalue weighted by molar-refractivity contribution is 0.0107.